The van der Waals surface area contributed by atoms with Crippen molar-refractivity contribution in [2.24, 2.45) is 5.92 Å². The predicted octanol–water partition coefficient (Wildman–Crippen LogP) is 6.31. The van der Waals surface area contributed by atoms with Crippen molar-refractivity contribution in [3.8, 4) is 0 Å². The van der Waals surface area contributed by atoms with Gasteiger partial charge in [-0.2, -0.15) is 0 Å². The van der Waals surface area contributed by atoms with Gasteiger partial charge in [-0.05, 0) is 77.3 Å². The Balaban J connectivity index is 2.55. The minimum atomic E-state index is -0.851. The van der Waals surface area contributed by atoms with Gasteiger partial charge in [0.1, 0.15) is 17.7 Å². The van der Waals surface area contributed by atoms with Gasteiger partial charge in [0.2, 0.25) is 11.8 Å². The van der Waals surface area contributed by atoms with E-state index in [-0.39, 0.29) is 23.8 Å². The van der Waals surface area contributed by atoms with Crippen LogP contribution in [-0.2, 0) is 20.7 Å². The SMILES string of the molecule is CCc1ccc(C(C(=O)NC2CCCCC2)N(C(=O)C(NC(=O)OC(C)(C)C)C(C)C)C(C)(C)CC)cc1. The van der Waals surface area contributed by atoms with Crippen LogP contribution >= 0.6 is 0 Å². The van der Waals surface area contributed by atoms with Crippen LogP contribution in [0.25, 0.3) is 0 Å². The molecule has 0 spiro atoms. The number of alkyl carbamates (subject to hydrolysis) is 1. The predicted molar refractivity (Wildman–Crippen MR) is 153 cm³/mol. The number of nitrogens with one attached hydrogen (secondary N) is 2. The second kappa shape index (κ2) is 13.5. The summed E-state index contributed by atoms with van der Waals surface area (Å²) in [6.07, 6.45) is 6.16. The third-order valence-electron chi connectivity index (χ3n) is 7.52. The number of hydrogen-bond donors (Lipinski definition) is 2. The van der Waals surface area contributed by atoms with E-state index >= 15 is 0 Å². The molecule has 214 valence electrons. The largest absolute Gasteiger partial charge is 0.444 e. The minimum absolute atomic E-state index is 0.108. The summed E-state index contributed by atoms with van der Waals surface area (Å²) in [5.74, 6) is -0.674. The van der Waals surface area contributed by atoms with E-state index in [9.17, 15) is 14.4 Å². The average Bonchev–Trinajstić information content (AvgIpc) is 2.84. The summed E-state index contributed by atoms with van der Waals surface area (Å²) in [7, 11) is 0. The number of rotatable bonds is 10. The number of carbonyl (C=O) groups excluding carboxylic acids is 3. The normalized spacial score (nSPS) is 16.5. The molecule has 0 aromatic heterocycles. The Hall–Kier alpha value is -2.57. The minimum Gasteiger partial charge on any atom is -0.444 e. The van der Waals surface area contributed by atoms with Crippen molar-refractivity contribution >= 4 is 17.9 Å². The maximum Gasteiger partial charge on any atom is 0.408 e. The number of nitrogens with zero attached hydrogens (tertiary/aromatic N) is 1. The molecule has 1 aromatic carbocycles. The molecule has 1 aromatic rings. The zero-order valence-corrected chi connectivity index (χ0v) is 25.1. The first-order chi connectivity index (χ1) is 17.7. The Morgan fingerprint density at radius 1 is 0.974 bits per heavy atom. The van der Waals surface area contributed by atoms with E-state index in [1.807, 2.05) is 58.9 Å². The molecule has 7 nitrogen and oxygen atoms in total. The second-order valence-electron chi connectivity index (χ2n) is 12.6. The molecule has 1 aliphatic rings. The summed E-state index contributed by atoms with van der Waals surface area (Å²) in [5, 5.41) is 6.08. The van der Waals surface area contributed by atoms with Crippen LogP contribution in [0.4, 0.5) is 4.79 Å². The number of carbonyl (C=O) groups is 3. The molecule has 38 heavy (non-hydrogen) atoms. The fraction of sp³-hybridized carbons (Fsp3) is 0.710. The summed E-state index contributed by atoms with van der Waals surface area (Å²) in [4.78, 5) is 42.9. The van der Waals surface area contributed by atoms with E-state index in [1.54, 1.807) is 25.7 Å². The Morgan fingerprint density at radius 3 is 2.03 bits per heavy atom. The highest BCUT2D eigenvalue weighted by Gasteiger charge is 2.44. The molecule has 1 aliphatic carbocycles. The quantitative estimate of drug-likeness (QED) is 0.372. The lowest BCUT2D eigenvalue weighted by Gasteiger charge is -2.45. The summed E-state index contributed by atoms with van der Waals surface area (Å²) in [6.45, 7) is 17.2. The molecule has 1 fully saturated rings. The van der Waals surface area contributed by atoms with Crippen LogP contribution in [0.15, 0.2) is 24.3 Å². The van der Waals surface area contributed by atoms with Gasteiger partial charge in [-0.15, -0.1) is 0 Å². The molecular weight excluding hydrogens is 478 g/mol. The Kier molecular flexibility index (Phi) is 11.2. The monoisotopic (exact) mass is 529 g/mol. The smallest absolute Gasteiger partial charge is 0.408 e. The molecule has 0 heterocycles. The molecule has 1 saturated carbocycles. The van der Waals surface area contributed by atoms with Gasteiger partial charge in [0.05, 0.1) is 0 Å². The highest BCUT2D eigenvalue weighted by Crippen LogP contribution is 2.33. The number of benzene rings is 1. The fourth-order valence-electron chi connectivity index (χ4n) is 4.92. The summed E-state index contributed by atoms with van der Waals surface area (Å²) in [6, 6.07) is 6.40. The third-order valence-corrected chi connectivity index (χ3v) is 7.52. The van der Waals surface area contributed by atoms with Crippen LogP contribution < -0.4 is 10.6 Å². The van der Waals surface area contributed by atoms with E-state index in [0.29, 0.717) is 6.42 Å². The van der Waals surface area contributed by atoms with E-state index in [0.717, 1.165) is 37.7 Å². The van der Waals surface area contributed by atoms with Crippen molar-refractivity contribution in [3.63, 3.8) is 0 Å². The van der Waals surface area contributed by atoms with Crippen LogP contribution in [0.2, 0.25) is 0 Å². The standard InChI is InChI=1S/C31H51N3O4/c1-10-22-17-19-23(20-18-22)26(27(35)32-24-15-13-12-14-16-24)34(31(8,9)11-2)28(36)25(21(3)4)33-29(37)38-30(5,6)7/h17-21,24-26H,10-16H2,1-9H3,(H,32,35)(H,33,37). The maximum absolute atomic E-state index is 14.4. The molecule has 2 atom stereocenters. The number of ether oxygens (including phenoxy) is 1. The number of amides is 3. The van der Waals surface area contributed by atoms with E-state index in [1.165, 1.54) is 12.0 Å². The topological polar surface area (TPSA) is 87.7 Å². The van der Waals surface area contributed by atoms with Crippen molar-refractivity contribution in [2.45, 2.75) is 137 Å². The molecular formula is C31H51N3O4. The van der Waals surface area contributed by atoms with E-state index in [4.69, 9.17) is 4.74 Å². The van der Waals surface area contributed by atoms with Gasteiger partial charge in [-0.1, -0.05) is 71.2 Å². The molecule has 0 saturated heterocycles. The van der Waals surface area contributed by atoms with E-state index < -0.39 is 29.3 Å². The Bertz CT molecular complexity index is 927. The zero-order valence-electron chi connectivity index (χ0n) is 25.1. The van der Waals surface area contributed by atoms with Crippen LogP contribution in [0.5, 0.6) is 0 Å². The summed E-state index contributed by atoms with van der Waals surface area (Å²) in [5.41, 5.74) is 0.586. The average molecular weight is 530 g/mol. The van der Waals surface area contributed by atoms with Crippen LogP contribution in [0, 0.1) is 5.92 Å². The fourth-order valence-corrected chi connectivity index (χ4v) is 4.92. The second-order valence-corrected chi connectivity index (χ2v) is 12.6. The lowest BCUT2D eigenvalue weighted by molar-refractivity contribution is -0.150. The lowest BCUT2D eigenvalue weighted by atomic mass is 9.89. The summed E-state index contributed by atoms with van der Waals surface area (Å²) >= 11 is 0. The van der Waals surface area contributed by atoms with Gasteiger partial charge >= 0.3 is 6.09 Å². The van der Waals surface area contributed by atoms with Gasteiger partial charge in [0.15, 0.2) is 0 Å². The first-order valence-electron chi connectivity index (χ1n) is 14.4. The van der Waals surface area contributed by atoms with Gasteiger partial charge < -0.3 is 20.3 Å². The lowest BCUT2D eigenvalue weighted by Crippen LogP contribution is -2.61. The van der Waals surface area contributed by atoms with Crippen molar-refractivity contribution < 1.29 is 19.1 Å². The highest BCUT2D eigenvalue weighted by atomic mass is 16.6. The number of aryl methyl sites for hydroxylation is 1. The first-order valence-corrected chi connectivity index (χ1v) is 14.4. The molecule has 2 rings (SSSR count). The Labute approximate surface area is 230 Å². The number of hydrogen-bond acceptors (Lipinski definition) is 4. The molecule has 0 radical (unpaired) electrons. The Morgan fingerprint density at radius 2 is 1.55 bits per heavy atom. The molecule has 0 bridgehead atoms. The first kappa shape index (κ1) is 31.6. The molecule has 7 heteroatoms. The van der Waals surface area contributed by atoms with E-state index in [2.05, 4.69) is 17.6 Å². The summed E-state index contributed by atoms with van der Waals surface area (Å²) < 4.78 is 5.48. The van der Waals surface area contributed by atoms with Gasteiger partial charge in [-0.25, -0.2) is 4.79 Å². The molecule has 3 amide bonds. The van der Waals surface area contributed by atoms with Gasteiger partial charge in [-0.3, -0.25) is 9.59 Å². The maximum atomic E-state index is 14.4. The third kappa shape index (κ3) is 8.74. The van der Waals surface area contributed by atoms with Crippen LogP contribution in [-0.4, -0.2) is 46.0 Å². The van der Waals surface area contributed by atoms with Crippen molar-refractivity contribution in [1.82, 2.24) is 15.5 Å². The highest BCUT2D eigenvalue weighted by molar-refractivity contribution is 5.93. The zero-order chi connectivity index (χ0) is 28.7. The van der Waals surface area contributed by atoms with Gasteiger partial charge in [0, 0.05) is 11.6 Å². The van der Waals surface area contributed by atoms with Crippen LogP contribution in [0.1, 0.15) is 118 Å². The van der Waals surface area contributed by atoms with Crippen molar-refractivity contribution in [3.05, 3.63) is 35.4 Å². The van der Waals surface area contributed by atoms with Crippen molar-refractivity contribution in [2.75, 3.05) is 0 Å². The van der Waals surface area contributed by atoms with Gasteiger partial charge in [0.25, 0.3) is 0 Å². The molecule has 0 aliphatic heterocycles. The molecule has 2 N–H and O–H groups in total. The molecule has 2 unspecified atom stereocenters. The van der Waals surface area contributed by atoms with Crippen LogP contribution in [0.3, 0.4) is 0 Å². The van der Waals surface area contributed by atoms with Crippen molar-refractivity contribution in [1.29, 1.82) is 0 Å².